The molecule has 2 aliphatic rings. The van der Waals surface area contributed by atoms with E-state index in [9.17, 15) is 9.59 Å². The molecule has 0 aromatic heterocycles. The molecule has 27 heavy (non-hydrogen) atoms. The van der Waals surface area contributed by atoms with E-state index >= 15 is 0 Å². The third-order valence-corrected chi connectivity index (χ3v) is 4.96. The van der Waals surface area contributed by atoms with E-state index in [1.807, 2.05) is 20.8 Å². The fourth-order valence-corrected chi connectivity index (χ4v) is 3.68. The molecule has 0 aromatic rings. The Morgan fingerprint density at radius 1 is 1.19 bits per heavy atom. The van der Waals surface area contributed by atoms with E-state index in [4.69, 9.17) is 19.7 Å². The highest BCUT2D eigenvalue weighted by Crippen LogP contribution is 2.31. The van der Waals surface area contributed by atoms with Crippen molar-refractivity contribution in [3.63, 3.8) is 0 Å². The van der Waals surface area contributed by atoms with Crippen LogP contribution >= 0.6 is 0 Å². The summed E-state index contributed by atoms with van der Waals surface area (Å²) in [5, 5.41) is 3.82. The Balaban J connectivity index is 1.99. The molecule has 2 rings (SSSR count). The number of likely N-dealkylation sites (tertiary alicyclic amines) is 1. The lowest BCUT2D eigenvalue weighted by atomic mass is 9.87. The number of nitrogens with zero attached hydrogens (tertiary/aromatic N) is 4. The van der Waals surface area contributed by atoms with Crippen LogP contribution in [0.25, 0.3) is 10.4 Å². The first-order chi connectivity index (χ1) is 12.7. The molecule has 0 aromatic carbocycles. The molecule has 1 aliphatic carbocycles. The highest BCUT2D eigenvalue weighted by atomic mass is 16.6. The van der Waals surface area contributed by atoms with Crippen LogP contribution in [0.5, 0.6) is 0 Å². The molecule has 2 atom stereocenters. The first kappa shape index (κ1) is 21.3. The van der Waals surface area contributed by atoms with Gasteiger partial charge in [-0.25, -0.2) is 4.79 Å². The molecule has 0 spiro atoms. The Morgan fingerprint density at radius 3 is 2.41 bits per heavy atom. The summed E-state index contributed by atoms with van der Waals surface area (Å²) in [5.74, 6) is -0.288. The van der Waals surface area contributed by atoms with E-state index in [0.29, 0.717) is 38.6 Å². The van der Waals surface area contributed by atoms with Gasteiger partial charge in [-0.2, -0.15) is 0 Å². The van der Waals surface area contributed by atoms with Crippen LogP contribution in [0.15, 0.2) is 5.11 Å². The van der Waals surface area contributed by atoms with Crippen molar-refractivity contribution >= 4 is 12.1 Å². The van der Waals surface area contributed by atoms with Crippen molar-refractivity contribution in [2.45, 2.75) is 83.3 Å². The van der Waals surface area contributed by atoms with Crippen LogP contribution in [-0.4, -0.2) is 54.6 Å². The van der Waals surface area contributed by atoms with Gasteiger partial charge in [0.1, 0.15) is 5.60 Å². The average Bonchev–Trinajstić information content (AvgIpc) is 3.09. The Labute approximate surface area is 159 Å². The van der Waals surface area contributed by atoms with Crippen LogP contribution in [-0.2, 0) is 19.0 Å². The predicted octanol–water partition coefficient (Wildman–Crippen LogP) is 3.77. The van der Waals surface area contributed by atoms with Gasteiger partial charge in [-0.1, -0.05) is 5.11 Å². The highest BCUT2D eigenvalue weighted by Gasteiger charge is 2.39. The zero-order valence-electron chi connectivity index (χ0n) is 16.6. The first-order valence-corrected chi connectivity index (χ1v) is 9.52. The summed E-state index contributed by atoms with van der Waals surface area (Å²) in [4.78, 5) is 28.7. The lowest BCUT2D eigenvalue weighted by Crippen LogP contribution is -2.46. The number of methoxy groups -OCH3 is 1. The molecule has 0 radical (unpaired) electrons. The van der Waals surface area contributed by atoms with Crippen LogP contribution in [0, 0.1) is 5.92 Å². The monoisotopic (exact) mass is 382 g/mol. The number of carbonyl (C=O) groups excluding carboxylic acids is 2. The van der Waals surface area contributed by atoms with Crippen LogP contribution in [0.3, 0.4) is 0 Å². The van der Waals surface area contributed by atoms with Gasteiger partial charge in [-0.15, -0.1) is 0 Å². The minimum atomic E-state index is -0.760. The summed E-state index contributed by atoms with van der Waals surface area (Å²) in [6.07, 6.45) is 2.96. The van der Waals surface area contributed by atoms with E-state index in [0.717, 1.165) is 6.42 Å². The Bertz CT molecular complexity index is 577. The van der Waals surface area contributed by atoms with Crippen molar-refractivity contribution in [3.05, 3.63) is 10.4 Å². The number of esters is 1. The molecule has 1 unspecified atom stereocenters. The third kappa shape index (κ3) is 6.01. The molecule has 1 aliphatic heterocycles. The molecule has 9 nitrogen and oxygen atoms in total. The molecule has 0 bridgehead atoms. The van der Waals surface area contributed by atoms with Gasteiger partial charge >= 0.3 is 12.1 Å². The van der Waals surface area contributed by atoms with E-state index in [1.165, 1.54) is 7.11 Å². The Kier molecular flexibility index (Phi) is 7.33. The molecular weight excluding hydrogens is 352 g/mol. The maximum Gasteiger partial charge on any atom is 0.410 e. The van der Waals surface area contributed by atoms with Crippen LogP contribution < -0.4 is 0 Å². The molecule has 1 amide bonds. The van der Waals surface area contributed by atoms with Crippen molar-refractivity contribution < 1.29 is 23.8 Å². The van der Waals surface area contributed by atoms with Gasteiger partial charge in [0, 0.05) is 11.5 Å². The molecular formula is C18H30N4O5. The SMILES string of the molecule is COC(=O)C1CCC(OC(N=[N+]=[N-])[C@@H]2CCCN2C(=O)OC(C)(C)C)CC1. The second-order valence-electron chi connectivity index (χ2n) is 8.11. The second kappa shape index (κ2) is 9.28. The smallest absolute Gasteiger partial charge is 0.410 e. The van der Waals surface area contributed by atoms with E-state index in [-0.39, 0.29) is 24.0 Å². The van der Waals surface area contributed by atoms with Gasteiger partial charge in [0.2, 0.25) is 0 Å². The zero-order chi connectivity index (χ0) is 20.0. The van der Waals surface area contributed by atoms with Crippen molar-refractivity contribution in [1.29, 1.82) is 0 Å². The quantitative estimate of drug-likeness (QED) is 0.311. The number of rotatable bonds is 5. The molecule has 9 heteroatoms. The molecule has 0 N–H and O–H groups in total. The summed E-state index contributed by atoms with van der Waals surface area (Å²) in [6.45, 7) is 6.00. The van der Waals surface area contributed by atoms with Crippen molar-refractivity contribution in [1.82, 2.24) is 4.90 Å². The Hall–Kier alpha value is -1.99. The van der Waals surface area contributed by atoms with Gasteiger partial charge in [-0.3, -0.25) is 4.79 Å². The fraction of sp³-hybridized carbons (Fsp3) is 0.889. The lowest BCUT2D eigenvalue weighted by Gasteiger charge is -2.34. The fourth-order valence-electron chi connectivity index (χ4n) is 3.68. The molecule has 1 saturated heterocycles. The minimum Gasteiger partial charge on any atom is -0.469 e. The van der Waals surface area contributed by atoms with Gasteiger partial charge < -0.3 is 19.1 Å². The van der Waals surface area contributed by atoms with E-state index in [2.05, 4.69) is 10.0 Å². The summed E-state index contributed by atoms with van der Waals surface area (Å²) < 4.78 is 16.3. The van der Waals surface area contributed by atoms with Crippen LogP contribution in [0.2, 0.25) is 0 Å². The van der Waals surface area contributed by atoms with Gasteiger partial charge in [-0.05, 0) is 64.8 Å². The summed E-state index contributed by atoms with van der Waals surface area (Å²) in [7, 11) is 1.40. The maximum absolute atomic E-state index is 12.5. The third-order valence-electron chi connectivity index (χ3n) is 4.96. The standard InChI is InChI=1S/C18H30N4O5/c1-18(2,3)27-17(24)22-11-5-6-14(22)15(20-21-19)26-13-9-7-12(8-10-13)16(23)25-4/h12-15H,5-11H2,1-4H3/t12?,13?,14-,15?/m0/s1. The summed E-state index contributed by atoms with van der Waals surface area (Å²) in [6, 6.07) is -0.339. The van der Waals surface area contributed by atoms with Crippen molar-refractivity contribution in [3.8, 4) is 0 Å². The summed E-state index contributed by atoms with van der Waals surface area (Å²) >= 11 is 0. The largest absolute Gasteiger partial charge is 0.469 e. The molecule has 1 heterocycles. The number of amides is 1. The number of azide groups is 1. The van der Waals surface area contributed by atoms with Crippen molar-refractivity contribution in [2.75, 3.05) is 13.7 Å². The molecule has 152 valence electrons. The topological polar surface area (TPSA) is 114 Å². The summed E-state index contributed by atoms with van der Waals surface area (Å²) in [5.41, 5.74) is 8.38. The highest BCUT2D eigenvalue weighted by molar-refractivity contribution is 5.72. The van der Waals surface area contributed by atoms with E-state index in [1.54, 1.807) is 4.90 Å². The second-order valence-corrected chi connectivity index (χ2v) is 8.11. The van der Waals surface area contributed by atoms with Gasteiger partial charge in [0.05, 0.1) is 25.2 Å². The van der Waals surface area contributed by atoms with Crippen molar-refractivity contribution in [2.24, 2.45) is 11.0 Å². The number of hydrogen-bond acceptors (Lipinski definition) is 6. The van der Waals surface area contributed by atoms with Gasteiger partial charge in [0.25, 0.3) is 0 Å². The lowest BCUT2D eigenvalue weighted by molar-refractivity contribution is -0.148. The van der Waals surface area contributed by atoms with E-state index < -0.39 is 17.9 Å². The molecule has 1 saturated carbocycles. The Morgan fingerprint density at radius 2 is 1.85 bits per heavy atom. The average molecular weight is 382 g/mol. The van der Waals surface area contributed by atoms with Gasteiger partial charge in [0.15, 0.2) is 6.23 Å². The first-order valence-electron chi connectivity index (χ1n) is 9.52. The zero-order valence-corrected chi connectivity index (χ0v) is 16.6. The van der Waals surface area contributed by atoms with Crippen LogP contribution in [0.4, 0.5) is 4.79 Å². The maximum atomic E-state index is 12.5. The number of hydrogen-bond donors (Lipinski definition) is 0. The minimum absolute atomic E-state index is 0.0995. The number of ether oxygens (including phenoxy) is 3. The molecule has 2 fully saturated rings. The van der Waals surface area contributed by atoms with Crippen LogP contribution in [0.1, 0.15) is 59.3 Å². The number of carbonyl (C=O) groups is 2. The normalized spacial score (nSPS) is 26.8. The predicted molar refractivity (Wildman–Crippen MR) is 97.7 cm³/mol.